The van der Waals surface area contributed by atoms with Crippen molar-refractivity contribution in [1.29, 1.82) is 0 Å². The van der Waals surface area contributed by atoms with Gasteiger partial charge in [-0.25, -0.2) is 4.79 Å². The van der Waals surface area contributed by atoms with E-state index in [0.717, 1.165) is 22.6 Å². The van der Waals surface area contributed by atoms with E-state index in [-0.39, 0.29) is 12.1 Å². The third kappa shape index (κ3) is 4.52. The van der Waals surface area contributed by atoms with Gasteiger partial charge in [0.2, 0.25) is 0 Å². The first-order valence-electron chi connectivity index (χ1n) is 7.61. The highest BCUT2D eigenvalue weighted by Gasteiger charge is 2.17. The van der Waals surface area contributed by atoms with E-state index < -0.39 is 0 Å². The van der Waals surface area contributed by atoms with Gasteiger partial charge < -0.3 is 20.1 Å². The first kappa shape index (κ1) is 17.4. The van der Waals surface area contributed by atoms with Crippen LogP contribution >= 0.6 is 0 Å². The summed E-state index contributed by atoms with van der Waals surface area (Å²) >= 11 is 0. The Labute approximate surface area is 142 Å². The zero-order valence-electron chi connectivity index (χ0n) is 13.9. The lowest BCUT2D eigenvalue weighted by Crippen LogP contribution is -2.38. The van der Waals surface area contributed by atoms with Crippen molar-refractivity contribution < 1.29 is 14.3 Å². The lowest BCUT2D eigenvalue weighted by atomic mass is 9.98. The van der Waals surface area contributed by atoms with Crippen LogP contribution in [0.2, 0.25) is 0 Å². The molecule has 0 aliphatic heterocycles. The van der Waals surface area contributed by atoms with Crippen molar-refractivity contribution in [3.05, 3.63) is 72.3 Å². The normalized spacial score (nSPS) is 10.1. The Morgan fingerprint density at radius 3 is 1.83 bits per heavy atom. The molecule has 126 valence electrons. The Balaban J connectivity index is 2.28. The highest BCUT2D eigenvalue weighted by Crippen LogP contribution is 2.25. The minimum absolute atomic E-state index is 0.258. The number of amides is 2. The zero-order valence-corrected chi connectivity index (χ0v) is 13.9. The molecule has 5 heteroatoms. The lowest BCUT2D eigenvalue weighted by Gasteiger charge is -2.20. The molecule has 0 bridgehead atoms. The van der Waals surface area contributed by atoms with Crippen LogP contribution in [0, 0.1) is 0 Å². The quantitative estimate of drug-likeness (QED) is 0.768. The predicted octanol–water partition coefficient (Wildman–Crippen LogP) is 3.28. The molecule has 0 radical (unpaired) electrons. The van der Waals surface area contributed by atoms with Crippen molar-refractivity contribution in [2.24, 2.45) is 0 Å². The van der Waals surface area contributed by atoms with Crippen LogP contribution < -0.4 is 20.1 Å². The smallest absolute Gasteiger partial charge is 0.315 e. The number of rotatable bonds is 7. The topological polar surface area (TPSA) is 59.6 Å². The summed E-state index contributed by atoms with van der Waals surface area (Å²) in [5.41, 5.74) is 1.91. The largest absolute Gasteiger partial charge is 0.497 e. The number of hydrogen-bond acceptors (Lipinski definition) is 3. The second-order valence-corrected chi connectivity index (χ2v) is 5.12. The number of nitrogens with one attached hydrogen (secondary N) is 2. The molecule has 0 atom stereocenters. The van der Waals surface area contributed by atoms with Crippen molar-refractivity contribution in [1.82, 2.24) is 10.6 Å². The van der Waals surface area contributed by atoms with Crippen LogP contribution in [0.25, 0.3) is 0 Å². The van der Waals surface area contributed by atoms with Crippen LogP contribution in [0.15, 0.2) is 61.2 Å². The van der Waals surface area contributed by atoms with Gasteiger partial charge in [0.05, 0.1) is 20.3 Å². The summed E-state index contributed by atoms with van der Waals surface area (Å²) in [6.07, 6.45) is 1.63. The van der Waals surface area contributed by atoms with Crippen molar-refractivity contribution in [3.8, 4) is 11.5 Å². The van der Waals surface area contributed by atoms with E-state index in [1.807, 2.05) is 48.5 Å². The number of benzene rings is 2. The van der Waals surface area contributed by atoms with Gasteiger partial charge in [-0.15, -0.1) is 6.58 Å². The van der Waals surface area contributed by atoms with Crippen LogP contribution in [0.4, 0.5) is 4.79 Å². The van der Waals surface area contributed by atoms with E-state index in [9.17, 15) is 4.79 Å². The summed E-state index contributed by atoms with van der Waals surface area (Å²) in [5.74, 6) is 1.53. The fourth-order valence-corrected chi connectivity index (χ4v) is 2.30. The van der Waals surface area contributed by atoms with Crippen LogP contribution in [0.3, 0.4) is 0 Å². The van der Waals surface area contributed by atoms with E-state index >= 15 is 0 Å². The van der Waals surface area contributed by atoms with Gasteiger partial charge in [-0.05, 0) is 35.4 Å². The molecule has 0 heterocycles. The average Bonchev–Trinajstić information content (AvgIpc) is 2.64. The van der Waals surface area contributed by atoms with Crippen molar-refractivity contribution in [2.45, 2.75) is 6.04 Å². The summed E-state index contributed by atoms with van der Waals surface area (Å²) in [5, 5.41) is 5.71. The molecule has 2 N–H and O–H groups in total. The predicted molar refractivity (Wildman–Crippen MR) is 94.6 cm³/mol. The molecule has 5 nitrogen and oxygen atoms in total. The van der Waals surface area contributed by atoms with E-state index in [0.29, 0.717) is 6.54 Å². The van der Waals surface area contributed by atoms with E-state index in [4.69, 9.17) is 9.47 Å². The molecule has 0 aliphatic carbocycles. The fourth-order valence-electron chi connectivity index (χ4n) is 2.30. The molecule has 0 fully saturated rings. The Kier molecular flexibility index (Phi) is 6.25. The Morgan fingerprint density at radius 1 is 1.00 bits per heavy atom. The van der Waals surface area contributed by atoms with Gasteiger partial charge in [0.1, 0.15) is 11.5 Å². The summed E-state index contributed by atoms with van der Waals surface area (Å²) in [6, 6.07) is 14.7. The summed E-state index contributed by atoms with van der Waals surface area (Å²) in [4.78, 5) is 12.1. The summed E-state index contributed by atoms with van der Waals surface area (Å²) in [7, 11) is 3.24. The number of urea groups is 1. The summed E-state index contributed by atoms with van der Waals surface area (Å²) in [6.45, 7) is 4.00. The molecule has 24 heavy (non-hydrogen) atoms. The molecule has 2 amide bonds. The second kappa shape index (κ2) is 8.62. The molecule has 0 saturated carbocycles. The van der Waals surface area contributed by atoms with Gasteiger partial charge in [-0.3, -0.25) is 0 Å². The number of ether oxygens (including phenoxy) is 2. The van der Waals surface area contributed by atoms with Gasteiger partial charge in [-0.2, -0.15) is 0 Å². The van der Waals surface area contributed by atoms with Crippen molar-refractivity contribution in [2.75, 3.05) is 20.8 Å². The molecule has 2 aromatic rings. The molecule has 0 aromatic heterocycles. The third-order valence-electron chi connectivity index (χ3n) is 3.58. The lowest BCUT2D eigenvalue weighted by molar-refractivity contribution is 0.239. The minimum Gasteiger partial charge on any atom is -0.497 e. The monoisotopic (exact) mass is 326 g/mol. The zero-order chi connectivity index (χ0) is 17.4. The molecule has 0 unspecified atom stereocenters. The van der Waals surface area contributed by atoms with Gasteiger partial charge in [0.25, 0.3) is 0 Å². The number of carbonyl (C=O) groups excluding carboxylic acids is 1. The summed E-state index contributed by atoms with van der Waals surface area (Å²) < 4.78 is 10.4. The van der Waals surface area contributed by atoms with Crippen LogP contribution in [-0.4, -0.2) is 26.8 Å². The average molecular weight is 326 g/mol. The van der Waals surface area contributed by atoms with E-state index in [1.165, 1.54) is 0 Å². The SMILES string of the molecule is C=CCNC(=O)NC(c1ccc(OC)cc1)c1ccc(OC)cc1. The maximum Gasteiger partial charge on any atom is 0.315 e. The Morgan fingerprint density at radius 2 is 1.46 bits per heavy atom. The number of methoxy groups -OCH3 is 2. The number of hydrogen-bond donors (Lipinski definition) is 2. The van der Waals surface area contributed by atoms with Gasteiger partial charge in [0.15, 0.2) is 0 Å². The molecule has 0 spiro atoms. The van der Waals surface area contributed by atoms with Gasteiger partial charge >= 0.3 is 6.03 Å². The molecule has 2 rings (SSSR count). The highest BCUT2D eigenvalue weighted by atomic mass is 16.5. The molecule has 2 aromatic carbocycles. The standard InChI is InChI=1S/C19H22N2O3/c1-4-13-20-19(22)21-18(14-5-9-16(23-2)10-6-14)15-7-11-17(24-3)12-8-15/h4-12,18H,1,13H2,2-3H3,(H2,20,21,22). The maximum atomic E-state index is 12.1. The Bertz CT molecular complexity index is 619. The third-order valence-corrected chi connectivity index (χ3v) is 3.58. The molecule has 0 aliphatic rings. The minimum atomic E-state index is -0.286. The van der Waals surface area contributed by atoms with Gasteiger partial charge in [0, 0.05) is 6.54 Å². The highest BCUT2D eigenvalue weighted by molar-refractivity contribution is 5.75. The van der Waals surface area contributed by atoms with E-state index in [1.54, 1.807) is 20.3 Å². The maximum absolute atomic E-state index is 12.1. The first-order valence-corrected chi connectivity index (χ1v) is 7.61. The second-order valence-electron chi connectivity index (χ2n) is 5.12. The first-order chi connectivity index (χ1) is 11.7. The van der Waals surface area contributed by atoms with Crippen LogP contribution in [-0.2, 0) is 0 Å². The van der Waals surface area contributed by atoms with Gasteiger partial charge in [-0.1, -0.05) is 30.3 Å². The van der Waals surface area contributed by atoms with Crippen LogP contribution in [0.1, 0.15) is 17.2 Å². The molecular weight excluding hydrogens is 304 g/mol. The fraction of sp³-hybridized carbons (Fsp3) is 0.211. The van der Waals surface area contributed by atoms with E-state index in [2.05, 4.69) is 17.2 Å². The molecule has 0 saturated heterocycles. The molecular formula is C19H22N2O3. The van der Waals surface area contributed by atoms with Crippen molar-refractivity contribution in [3.63, 3.8) is 0 Å². The van der Waals surface area contributed by atoms with Crippen LogP contribution in [0.5, 0.6) is 11.5 Å². The Hall–Kier alpha value is -2.95. The number of carbonyl (C=O) groups is 1. The van der Waals surface area contributed by atoms with Crippen molar-refractivity contribution >= 4 is 6.03 Å².